The number of nitrogens with zero attached hydrogens (tertiary/aromatic N) is 2. The molecule has 1 aliphatic carbocycles. The second-order valence-electron chi connectivity index (χ2n) is 5.41. The predicted molar refractivity (Wildman–Crippen MR) is 69.6 cm³/mol. The van der Waals surface area contributed by atoms with Gasteiger partial charge in [-0.25, -0.2) is 4.68 Å². The van der Waals surface area contributed by atoms with Crippen LogP contribution in [0.2, 0.25) is 0 Å². The minimum atomic E-state index is -0.0808. The van der Waals surface area contributed by atoms with E-state index in [9.17, 15) is 9.59 Å². The van der Waals surface area contributed by atoms with Gasteiger partial charge in [0.05, 0.1) is 6.04 Å². The smallest absolute Gasteiger partial charge is 0.270 e. The highest BCUT2D eigenvalue weighted by Gasteiger charge is 2.30. The first kappa shape index (κ1) is 12.5. The summed E-state index contributed by atoms with van der Waals surface area (Å²) in [5.74, 6) is 0.252. The van der Waals surface area contributed by atoms with E-state index in [0.29, 0.717) is 24.8 Å². The maximum Gasteiger partial charge on any atom is 0.270 e. The normalized spacial score (nSPS) is 20.5. The lowest BCUT2D eigenvalue weighted by molar-refractivity contribution is 0.0644. The third-order valence-corrected chi connectivity index (χ3v) is 3.88. The Bertz CT molecular complexity index is 554. The van der Waals surface area contributed by atoms with Crippen LogP contribution in [0, 0.1) is 0 Å². The summed E-state index contributed by atoms with van der Waals surface area (Å²) in [5, 5.41) is 4.27. The Kier molecular flexibility index (Phi) is 3.22. The van der Waals surface area contributed by atoms with Gasteiger partial charge >= 0.3 is 0 Å². The molecular formula is C14H18N2O3. The van der Waals surface area contributed by atoms with Gasteiger partial charge in [-0.3, -0.25) is 9.59 Å². The molecule has 1 aromatic rings. The van der Waals surface area contributed by atoms with Crippen molar-refractivity contribution < 1.29 is 9.53 Å². The van der Waals surface area contributed by atoms with Crippen molar-refractivity contribution in [2.75, 3.05) is 13.2 Å². The molecule has 0 amide bonds. The number of hydrogen-bond acceptors (Lipinski definition) is 4. The van der Waals surface area contributed by atoms with Crippen LogP contribution in [0.4, 0.5) is 0 Å². The van der Waals surface area contributed by atoms with Gasteiger partial charge in [0.25, 0.3) is 5.56 Å². The third-order valence-electron chi connectivity index (χ3n) is 3.88. The Morgan fingerprint density at radius 1 is 1.32 bits per heavy atom. The van der Waals surface area contributed by atoms with E-state index >= 15 is 0 Å². The highest BCUT2D eigenvalue weighted by atomic mass is 16.5. The van der Waals surface area contributed by atoms with Gasteiger partial charge < -0.3 is 4.74 Å². The molecule has 0 unspecified atom stereocenters. The molecular weight excluding hydrogens is 244 g/mol. The van der Waals surface area contributed by atoms with E-state index in [-0.39, 0.29) is 17.4 Å². The first-order valence-electron chi connectivity index (χ1n) is 6.89. The lowest BCUT2D eigenvalue weighted by atomic mass is 10.1. The Morgan fingerprint density at radius 3 is 2.58 bits per heavy atom. The summed E-state index contributed by atoms with van der Waals surface area (Å²) >= 11 is 0. The highest BCUT2D eigenvalue weighted by Crippen LogP contribution is 2.38. The molecule has 3 rings (SSSR count). The van der Waals surface area contributed by atoms with Crippen molar-refractivity contribution in [1.82, 2.24) is 9.78 Å². The predicted octanol–water partition coefficient (Wildman–Crippen LogP) is 1.67. The van der Waals surface area contributed by atoms with Gasteiger partial charge in [-0.1, -0.05) is 0 Å². The number of Topliss-reactive ketones (excluding diaryl/α,β-unsaturated/α-hetero) is 1. The third kappa shape index (κ3) is 2.47. The van der Waals surface area contributed by atoms with Crippen LogP contribution < -0.4 is 5.56 Å². The highest BCUT2D eigenvalue weighted by molar-refractivity contribution is 5.92. The lowest BCUT2D eigenvalue weighted by Gasteiger charge is -2.23. The van der Waals surface area contributed by atoms with Crippen LogP contribution in [0.15, 0.2) is 10.9 Å². The quantitative estimate of drug-likeness (QED) is 0.777. The molecule has 5 nitrogen and oxygen atoms in total. The molecule has 0 radical (unpaired) electrons. The topological polar surface area (TPSA) is 61.2 Å². The van der Waals surface area contributed by atoms with E-state index in [1.807, 2.05) is 0 Å². The summed E-state index contributed by atoms with van der Waals surface area (Å²) < 4.78 is 6.85. The number of rotatable bonds is 3. The van der Waals surface area contributed by atoms with Crippen LogP contribution in [-0.2, 0) is 4.74 Å². The van der Waals surface area contributed by atoms with Gasteiger partial charge in [0.15, 0.2) is 5.78 Å². The van der Waals surface area contributed by atoms with E-state index in [4.69, 9.17) is 4.74 Å². The van der Waals surface area contributed by atoms with Crippen molar-refractivity contribution in [3.05, 3.63) is 27.7 Å². The van der Waals surface area contributed by atoms with Crippen LogP contribution >= 0.6 is 0 Å². The Balaban J connectivity index is 2.05. The number of ether oxygens (including phenoxy) is 1. The van der Waals surface area contributed by atoms with Crippen LogP contribution in [0.5, 0.6) is 0 Å². The van der Waals surface area contributed by atoms with Crippen molar-refractivity contribution in [3.63, 3.8) is 0 Å². The molecule has 0 bridgehead atoms. The van der Waals surface area contributed by atoms with Gasteiger partial charge in [0, 0.05) is 25.7 Å². The average Bonchev–Trinajstić information content (AvgIpc) is 3.24. The molecule has 1 saturated heterocycles. The molecule has 1 saturated carbocycles. The fourth-order valence-corrected chi connectivity index (χ4v) is 2.57. The van der Waals surface area contributed by atoms with Gasteiger partial charge in [-0.05, 0) is 37.7 Å². The SMILES string of the molecule is CC(=O)c1cc(C2CC2)c(=O)n(C2CCOCC2)n1. The zero-order valence-corrected chi connectivity index (χ0v) is 11.1. The maximum absolute atomic E-state index is 12.5. The summed E-state index contributed by atoms with van der Waals surface area (Å²) in [6, 6.07) is 1.76. The van der Waals surface area contributed by atoms with Crippen molar-refractivity contribution in [2.45, 2.75) is 44.6 Å². The molecule has 2 fully saturated rings. The van der Waals surface area contributed by atoms with E-state index in [0.717, 1.165) is 31.2 Å². The minimum Gasteiger partial charge on any atom is -0.381 e. The van der Waals surface area contributed by atoms with Gasteiger partial charge in [0.2, 0.25) is 0 Å². The van der Waals surface area contributed by atoms with E-state index < -0.39 is 0 Å². The molecule has 19 heavy (non-hydrogen) atoms. The van der Waals surface area contributed by atoms with Crippen molar-refractivity contribution >= 4 is 5.78 Å². The summed E-state index contributed by atoms with van der Waals surface area (Å²) in [6.07, 6.45) is 3.67. The minimum absolute atomic E-state index is 0.0144. The first-order valence-corrected chi connectivity index (χ1v) is 6.89. The van der Waals surface area contributed by atoms with Crippen molar-refractivity contribution in [1.29, 1.82) is 0 Å². The molecule has 102 valence electrons. The number of aromatic nitrogens is 2. The van der Waals surface area contributed by atoms with E-state index in [2.05, 4.69) is 5.10 Å². The summed E-state index contributed by atoms with van der Waals surface area (Å²) in [7, 11) is 0. The largest absolute Gasteiger partial charge is 0.381 e. The van der Waals surface area contributed by atoms with Gasteiger partial charge in [-0.2, -0.15) is 5.10 Å². The molecule has 0 spiro atoms. The zero-order chi connectivity index (χ0) is 13.4. The van der Waals surface area contributed by atoms with E-state index in [1.54, 1.807) is 6.07 Å². The molecule has 1 aromatic heterocycles. The Morgan fingerprint density at radius 2 is 2.00 bits per heavy atom. The second-order valence-corrected chi connectivity index (χ2v) is 5.41. The fourth-order valence-electron chi connectivity index (χ4n) is 2.57. The van der Waals surface area contributed by atoms with Gasteiger partial charge in [0.1, 0.15) is 5.69 Å². The van der Waals surface area contributed by atoms with Crippen molar-refractivity contribution in [2.24, 2.45) is 0 Å². The fraction of sp³-hybridized carbons (Fsp3) is 0.643. The number of hydrogen-bond donors (Lipinski definition) is 0. The monoisotopic (exact) mass is 262 g/mol. The van der Waals surface area contributed by atoms with Crippen LogP contribution in [0.1, 0.15) is 60.6 Å². The van der Waals surface area contributed by atoms with Crippen LogP contribution in [0.3, 0.4) is 0 Å². The maximum atomic E-state index is 12.5. The summed E-state index contributed by atoms with van der Waals surface area (Å²) in [5.41, 5.74) is 1.17. The van der Waals surface area contributed by atoms with Crippen LogP contribution in [0.25, 0.3) is 0 Å². The molecule has 0 N–H and O–H groups in total. The summed E-state index contributed by atoms with van der Waals surface area (Å²) in [6.45, 7) is 2.81. The second kappa shape index (κ2) is 4.89. The van der Waals surface area contributed by atoms with Crippen molar-refractivity contribution in [3.8, 4) is 0 Å². The average molecular weight is 262 g/mol. The summed E-state index contributed by atoms with van der Waals surface area (Å²) in [4.78, 5) is 24.1. The Labute approximate surface area is 111 Å². The van der Waals surface area contributed by atoms with Crippen LogP contribution in [-0.4, -0.2) is 28.8 Å². The Hall–Kier alpha value is -1.49. The molecule has 0 atom stereocenters. The van der Waals surface area contributed by atoms with Gasteiger partial charge in [-0.15, -0.1) is 0 Å². The zero-order valence-electron chi connectivity index (χ0n) is 11.1. The number of carbonyl (C=O) groups is 1. The molecule has 0 aromatic carbocycles. The molecule has 5 heteroatoms. The first-order chi connectivity index (χ1) is 9.16. The molecule has 2 aliphatic rings. The number of ketones is 1. The number of carbonyl (C=O) groups excluding carboxylic acids is 1. The standard InChI is InChI=1S/C14H18N2O3/c1-9(17)13-8-12(10-2-3-10)14(18)16(15-13)11-4-6-19-7-5-11/h8,10-11H,2-7H2,1H3. The molecule has 1 aliphatic heterocycles. The van der Waals surface area contributed by atoms with E-state index in [1.165, 1.54) is 11.6 Å². The lowest BCUT2D eigenvalue weighted by Crippen LogP contribution is -2.34. The molecule has 2 heterocycles.